The van der Waals surface area contributed by atoms with Crippen molar-refractivity contribution in [1.82, 2.24) is 10.2 Å². The summed E-state index contributed by atoms with van der Waals surface area (Å²) in [5.41, 5.74) is 3.28. The van der Waals surface area contributed by atoms with Crippen LogP contribution in [-0.2, 0) is 16.1 Å². The van der Waals surface area contributed by atoms with Gasteiger partial charge in [0.15, 0.2) is 6.61 Å². The maximum atomic E-state index is 13.1. The van der Waals surface area contributed by atoms with Gasteiger partial charge in [-0.2, -0.15) is 0 Å². The second kappa shape index (κ2) is 11.2. The minimum atomic E-state index is -0.557. The SMILES string of the molecule is CC[C@@H](C(=O)NC)N(Cc1cccc(C)c1)C(=O)COc1ccc(C(C)C)cc1Br. The topological polar surface area (TPSA) is 58.6 Å². The Morgan fingerprint density at radius 3 is 2.47 bits per heavy atom. The maximum Gasteiger partial charge on any atom is 0.261 e. The number of ether oxygens (including phenoxy) is 1. The Bertz CT molecular complexity index is 883. The lowest BCUT2D eigenvalue weighted by Gasteiger charge is -2.30. The van der Waals surface area contributed by atoms with Crippen LogP contribution in [-0.4, -0.2) is 36.4 Å². The van der Waals surface area contributed by atoms with E-state index in [9.17, 15) is 9.59 Å². The quantitative estimate of drug-likeness (QED) is 0.566. The molecule has 0 radical (unpaired) electrons. The van der Waals surface area contributed by atoms with E-state index in [4.69, 9.17) is 4.74 Å². The summed E-state index contributed by atoms with van der Waals surface area (Å²) >= 11 is 3.53. The van der Waals surface area contributed by atoms with Gasteiger partial charge in [-0.15, -0.1) is 0 Å². The van der Waals surface area contributed by atoms with Crippen LogP contribution in [0, 0.1) is 6.92 Å². The van der Waals surface area contributed by atoms with Crippen LogP contribution in [0.2, 0.25) is 0 Å². The van der Waals surface area contributed by atoms with E-state index in [0.717, 1.165) is 15.6 Å². The van der Waals surface area contributed by atoms with E-state index >= 15 is 0 Å². The number of benzene rings is 2. The lowest BCUT2D eigenvalue weighted by molar-refractivity contribution is -0.142. The van der Waals surface area contributed by atoms with E-state index in [0.29, 0.717) is 24.6 Å². The lowest BCUT2D eigenvalue weighted by atomic mass is 10.0. The average Bonchev–Trinajstić information content (AvgIpc) is 2.72. The summed E-state index contributed by atoms with van der Waals surface area (Å²) in [4.78, 5) is 27.1. The number of nitrogens with one attached hydrogen (secondary N) is 1. The van der Waals surface area contributed by atoms with E-state index in [-0.39, 0.29) is 18.4 Å². The molecule has 0 fully saturated rings. The van der Waals surface area contributed by atoms with Crippen LogP contribution in [0.15, 0.2) is 46.9 Å². The van der Waals surface area contributed by atoms with Crippen molar-refractivity contribution in [1.29, 1.82) is 0 Å². The number of halogens is 1. The fraction of sp³-hybridized carbons (Fsp3) is 0.417. The molecule has 5 nitrogen and oxygen atoms in total. The molecule has 0 aliphatic heterocycles. The summed E-state index contributed by atoms with van der Waals surface area (Å²) in [5.74, 6) is 0.601. The minimum absolute atomic E-state index is 0.140. The van der Waals surface area contributed by atoms with Crippen molar-refractivity contribution in [2.75, 3.05) is 13.7 Å². The molecule has 2 amide bonds. The van der Waals surface area contributed by atoms with E-state index < -0.39 is 6.04 Å². The molecule has 2 aromatic carbocycles. The molecule has 1 N–H and O–H groups in total. The molecule has 0 saturated heterocycles. The van der Waals surface area contributed by atoms with Crippen LogP contribution in [0.5, 0.6) is 5.75 Å². The third-order valence-electron chi connectivity index (χ3n) is 5.04. The van der Waals surface area contributed by atoms with Gasteiger partial charge in [-0.05, 0) is 58.5 Å². The van der Waals surface area contributed by atoms with Crippen molar-refractivity contribution in [3.8, 4) is 5.75 Å². The van der Waals surface area contributed by atoms with Gasteiger partial charge in [-0.3, -0.25) is 9.59 Å². The molecule has 0 unspecified atom stereocenters. The Balaban J connectivity index is 2.20. The highest BCUT2D eigenvalue weighted by Gasteiger charge is 2.28. The van der Waals surface area contributed by atoms with E-state index in [1.54, 1.807) is 11.9 Å². The normalized spacial score (nSPS) is 11.8. The van der Waals surface area contributed by atoms with E-state index in [1.165, 1.54) is 5.56 Å². The zero-order valence-corrected chi connectivity index (χ0v) is 20.0. The van der Waals surface area contributed by atoms with Crippen LogP contribution in [0.4, 0.5) is 0 Å². The Kier molecular flexibility index (Phi) is 8.90. The number of hydrogen-bond acceptors (Lipinski definition) is 3. The van der Waals surface area contributed by atoms with Crippen molar-refractivity contribution in [3.63, 3.8) is 0 Å². The first-order chi connectivity index (χ1) is 14.3. The minimum Gasteiger partial charge on any atom is -0.483 e. The predicted molar refractivity (Wildman–Crippen MR) is 124 cm³/mol. The number of aryl methyl sites for hydroxylation is 1. The van der Waals surface area contributed by atoms with Gasteiger partial charge in [0.1, 0.15) is 11.8 Å². The molecule has 0 saturated carbocycles. The number of likely N-dealkylation sites (N-methyl/N-ethyl adjacent to an activating group) is 1. The van der Waals surface area contributed by atoms with Crippen LogP contribution in [0.25, 0.3) is 0 Å². The molecule has 0 spiro atoms. The summed E-state index contributed by atoms with van der Waals surface area (Å²) in [6.45, 7) is 8.37. The predicted octanol–water partition coefficient (Wildman–Crippen LogP) is 4.81. The van der Waals surface area contributed by atoms with Gasteiger partial charge in [-0.1, -0.05) is 56.7 Å². The largest absolute Gasteiger partial charge is 0.483 e. The number of hydrogen-bond donors (Lipinski definition) is 1. The average molecular weight is 475 g/mol. The maximum absolute atomic E-state index is 13.1. The lowest BCUT2D eigenvalue weighted by Crippen LogP contribution is -2.49. The van der Waals surface area contributed by atoms with Gasteiger partial charge in [0.05, 0.1) is 4.47 Å². The molecule has 6 heteroatoms. The molecule has 2 rings (SSSR count). The zero-order chi connectivity index (χ0) is 22.3. The Hall–Kier alpha value is -2.34. The number of rotatable bonds is 9. The van der Waals surface area contributed by atoms with Gasteiger partial charge in [0.25, 0.3) is 5.91 Å². The van der Waals surface area contributed by atoms with Gasteiger partial charge in [0, 0.05) is 13.6 Å². The fourth-order valence-electron chi connectivity index (χ4n) is 3.31. The molecule has 0 aliphatic carbocycles. The molecule has 0 aromatic heterocycles. The molecule has 162 valence electrons. The van der Waals surface area contributed by atoms with Crippen molar-refractivity contribution < 1.29 is 14.3 Å². The van der Waals surface area contributed by atoms with Crippen molar-refractivity contribution >= 4 is 27.7 Å². The van der Waals surface area contributed by atoms with Crippen molar-refractivity contribution in [2.45, 2.75) is 52.6 Å². The first kappa shape index (κ1) is 23.9. The third kappa shape index (κ3) is 6.33. The Morgan fingerprint density at radius 1 is 1.17 bits per heavy atom. The number of carbonyl (C=O) groups is 2. The summed E-state index contributed by atoms with van der Waals surface area (Å²) in [6.07, 6.45) is 0.518. The monoisotopic (exact) mass is 474 g/mol. The smallest absolute Gasteiger partial charge is 0.261 e. The molecular weight excluding hydrogens is 444 g/mol. The van der Waals surface area contributed by atoms with Crippen molar-refractivity contribution in [3.05, 3.63) is 63.6 Å². The third-order valence-corrected chi connectivity index (χ3v) is 5.66. The Morgan fingerprint density at radius 2 is 1.90 bits per heavy atom. The molecule has 0 aliphatic rings. The Labute approximate surface area is 187 Å². The van der Waals surface area contributed by atoms with E-state index in [1.807, 2.05) is 56.3 Å². The summed E-state index contributed by atoms with van der Waals surface area (Å²) < 4.78 is 6.62. The number of amides is 2. The molecule has 1 atom stereocenters. The van der Waals surface area contributed by atoms with Gasteiger partial charge in [-0.25, -0.2) is 0 Å². The van der Waals surface area contributed by atoms with Crippen LogP contribution in [0.1, 0.15) is 49.8 Å². The van der Waals surface area contributed by atoms with Crippen LogP contribution >= 0.6 is 15.9 Å². The standard InChI is InChI=1S/C24H31BrN2O3/c1-6-21(24(29)26-5)27(14-18-9-7-8-17(4)12-18)23(28)15-30-22-11-10-19(16(2)3)13-20(22)25/h7-13,16,21H,6,14-15H2,1-5H3,(H,26,29)/t21-/m0/s1. The highest BCUT2D eigenvalue weighted by molar-refractivity contribution is 9.10. The number of carbonyl (C=O) groups excluding carboxylic acids is 2. The fourth-order valence-corrected chi connectivity index (χ4v) is 3.82. The number of nitrogens with zero attached hydrogens (tertiary/aromatic N) is 1. The highest BCUT2D eigenvalue weighted by atomic mass is 79.9. The highest BCUT2D eigenvalue weighted by Crippen LogP contribution is 2.29. The van der Waals surface area contributed by atoms with E-state index in [2.05, 4.69) is 35.1 Å². The molecule has 30 heavy (non-hydrogen) atoms. The summed E-state index contributed by atoms with van der Waals surface area (Å²) in [5, 5.41) is 2.67. The van der Waals surface area contributed by atoms with Gasteiger partial charge in [0.2, 0.25) is 5.91 Å². The molecule has 0 bridgehead atoms. The van der Waals surface area contributed by atoms with Crippen LogP contribution < -0.4 is 10.1 Å². The molecular formula is C24H31BrN2O3. The van der Waals surface area contributed by atoms with Crippen LogP contribution in [0.3, 0.4) is 0 Å². The second-order valence-corrected chi connectivity index (χ2v) is 8.54. The molecule has 2 aromatic rings. The summed E-state index contributed by atoms with van der Waals surface area (Å²) in [7, 11) is 1.59. The van der Waals surface area contributed by atoms with Crippen molar-refractivity contribution in [2.24, 2.45) is 0 Å². The van der Waals surface area contributed by atoms with Gasteiger partial charge >= 0.3 is 0 Å². The second-order valence-electron chi connectivity index (χ2n) is 7.68. The summed E-state index contributed by atoms with van der Waals surface area (Å²) in [6, 6.07) is 13.3. The zero-order valence-electron chi connectivity index (χ0n) is 18.4. The first-order valence-electron chi connectivity index (χ1n) is 10.3. The van der Waals surface area contributed by atoms with Gasteiger partial charge < -0.3 is 15.0 Å². The first-order valence-corrected chi connectivity index (χ1v) is 11.0. The molecule has 0 heterocycles.